The summed E-state index contributed by atoms with van der Waals surface area (Å²) in [6, 6.07) is 16.9. The van der Waals surface area contributed by atoms with Crippen LogP contribution in [0.5, 0.6) is 5.75 Å². The van der Waals surface area contributed by atoms with E-state index < -0.39 is 5.97 Å². The lowest BCUT2D eigenvalue weighted by molar-refractivity contribution is -0.136. The van der Waals surface area contributed by atoms with E-state index in [1.165, 1.54) is 0 Å². The lowest BCUT2D eigenvalue weighted by atomic mass is 10.0. The number of nitrogens with zero attached hydrogens (tertiary/aromatic N) is 1. The van der Waals surface area contributed by atoms with Gasteiger partial charge in [0.05, 0.1) is 25.6 Å². The summed E-state index contributed by atoms with van der Waals surface area (Å²) in [5.41, 5.74) is 2.97. The number of aliphatic carboxylic acids is 1. The number of carbonyl (C=O) groups is 2. The van der Waals surface area contributed by atoms with E-state index in [9.17, 15) is 9.59 Å². The van der Waals surface area contributed by atoms with Crippen LogP contribution in [0.15, 0.2) is 54.6 Å². The van der Waals surface area contributed by atoms with Crippen LogP contribution < -0.4 is 9.64 Å². The second-order valence-corrected chi connectivity index (χ2v) is 6.29. The Morgan fingerprint density at radius 2 is 1.88 bits per heavy atom. The molecule has 1 amide bonds. The Morgan fingerprint density at radius 1 is 1.15 bits per heavy atom. The van der Waals surface area contributed by atoms with E-state index in [0.717, 1.165) is 22.0 Å². The topological polar surface area (TPSA) is 66.8 Å². The van der Waals surface area contributed by atoms with Crippen molar-refractivity contribution in [2.45, 2.75) is 13.0 Å². The van der Waals surface area contributed by atoms with Gasteiger partial charge in [0.15, 0.2) is 0 Å². The molecule has 0 unspecified atom stereocenters. The molecule has 4 rings (SSSR count). The number of fused-ring (bicyclic) bond motifs is 2. The quantitative estimate of drug-likeness (QED) is 0.782. The smallest absolute Gasteiger partial charge is 0.307 e. The molecule has 3 aromatic carbocycles. The van der Waals surface area contributed by atoms with Gasteiger partial charge in [-0.2, -0.15) is 0 Å². The summed E-state index contributed by atoms with van der Waals surface area (Å²) >= 11 is 0. The van der Waals surface area contributed by atoms with E-state index >= 15 is 0 Å². The monoisotopic (exact) mass is 347 g/mol. The Labute approximate surface area is 150 Å². The molecule has 0 aromatic heterocycles. The molecular formula is C21H17NO4. The first-order chi connectivity index (χ1) is 12.6. The highest BCUT2D eigenvalue weighted by Crippen LogP contribution is 2.39. The molecule has 0 atom stereocenters. The minimum absolute atomic E-state index is 0.0341. The minimum Gasteiger partial charge on any atom is -0.495 e. The van der Waals surface area contributed by atoms with Crippen molar-refractivity contribution < 1.29 is 19.4 Å². The second-order valence-electron chi connectivity index (χ2n) is 6.29. The fourth-order valence-corrected chi connectivity index (χ4v) is 3.50. The maximum atomic E-state index is 13.0. The Morgan fingerprint density at radius 3 is 2.58 bits per heavy atom. The van der Waals surface area contributed by atoms with Gasteiger partial charge in [-0.15, -0.1) is 0 Å². The van der Waals surface area contributed by atoms with Gasteiger partial charge in [-0.25, -0.2) is 0 Å². The molecule has 5 heteroatoms. The third-order valence-electron chi connectivity index (χ3n) is 4.68. The van der Waals surface area contributed by atoms with Gasteiger partial charge in [0.2, 0.25) is 0 Å². The van der Waals surface area contributed by atoms with Gasteiger partial charge in [-0.3, -0.25) is 9.59 Å². The number of rotatable bonds is 4. The zero-order valence-corrected chi connectivity index (χ0v) is 14.2. The standard InChI is InChI=1S/C21H17NO4/c1-26-20-17-5-3-2-4-14(17)11-15-12-22(21(25)19(15)20)16-8-6-13(7-9-16)10-18(23)24/h2-9,11H,10,12H2,1H3,(H,23,24). The first kappa shape index (κ1) is 16.1. The van der Waals surface area contributed by atoms with Crippen LogP contribution in [0, 0.1) is 0 Å². The molecule has 1 heterocycles. The van der Waals surface area contributed by atoms with Gasteiger partial charge < -0.3 is 14.7 Å². The molecule has 5 nitrogen and oxygen atoms in total. The maximum absolute atomic E-state index is 13.0. The Hall–Kier alpha value is -3.34. The fraction of sp³-hybridized carbons (Fsp3) is 0.143. The summed E-state index contributed by atoms with van der Waals surface area (Å²) in [6.07, 6.45) is -0.0341. The van der Waals surface area contributed by atoms with Crippen molar-refractivity contribution in [3.8, 4) is 5.75 Å². The van der Waals surface area contributed by atoms with Crippen LogP contribution >= 0.6 is 0 Å². The summed E-state index contributed by atoms with van der Waals surface area (Å²) in [7, 11) is 1.58. The normalized spacial score (nSPS) is 13.1. The third-order valence-corrected chi connectivity index (χ3v) is 4.68. The van der Waals surface area contributed by atoms with Crippen molar-refractivity contribution in [3.63, 3.8) is 0 Å². The van der Waals surface area contributed by atoms with E-state index in [-0.39, 0.29) is 12.3 Å². The zero-order valence-electron chi connectivity index (χ0n) is 14.2. The minimum atomic E-state index is -0.876. The molecule has 0 spiro atoms. The Balaban J connectivity index is 1.74. The Kier molecular flexibility index (Phi) is 3.84. The molecule has 0 bridgehead atoms. The van der Waals surface area contributed by atoms with Crippen molar-refractivity contribution in [2.75, 3.05) is 12.0 Å². The molecule has 26 heavy (non-hydrogen) atoms. The lowest BCUT2D eigenvalue weighted by Crippen LogP contribution is -2.23. The van der Waals surface area contributed by atoms with Crippen LogP contribution in [0.1, 0.15) is 21.5 Å². The van der Waals surface area contributed by atoms with Crippen molar-refractivity contribution in [3.05, 3.63) is 71.3 Å². The van der Waals surface area contributed by atoms with Crippen LogP contribution in [0.2, 0.25) is 0 Å². The molecule has 1 N–H and O–H groups in total. The van der Waals surface area contributed by atoms with Crippen LogP contribution in [0.25, 0.3) is 10.8 Å². The number of anilines is 1. The van der Waals surface area contributed by atoms with Crippen molar-refractivity contribution >= 4 is 28.3 Å². The van der Waals surface area contributed by atoms with Gasteiger partial charge >= 0.3 is 5.97 Å². The predicted octanol–water partition coefficient (Wildman–Crippen LogP) is 3.64. The molecule has 1 aliphatic rings. The molecule has 1 aliphatic heterocycles. The number of carboxylic acid groups (broad SMARTS) is 1. The zero-order chi connectivity index (χ0) is 18.3. The second kappa shape index (κ2) is 6.19. The van der Waals surface area contributed by atoms with E-state index in [4.69, 9.17) is 9.84 Å². The van der Waals surface area contributed by atoms with Gasteiger partial charge in [0.1, 0.15) is 5.75 Å². The van der Waals surface area contributed by atoms with Crippen LogP contribution in [0.4, 0.5) is 5.69 Å². The summed E-state index contributed by atoms with van der Waals surface area (Å²) < 4.78 is 5.58. The van der Waals surface area contributed by atoms with E-state index in [2.05, 4.69) is 0 Å². The van der Waals surface area contributed by atoms with Crippen LogP contribution in [-0.4, -0.2) is 24.1 Å². The van der Waals surface area contributed by atoms with Gasteiger partial charge in [0.25, 0.3) is 5.91 Å². The van der Waals surface area contributed by atoms with E-state index in [0.29, 0.717) is 23.4 Å². The highest BCUT2D eigenvalue weighted by Gasteiger charge is 2.33. The number of amides is 1. The highest BCUT2D eigenvalue weighted by atomic mass is 16.5. The summed E-state index contributed by atoms with van der Waals surface area (Å²) in [4.78, 5) is 25.5. The number of ether oxygens (including phenoxy) is 1. The number of carboxylic acids is 1. The number of methoxy groups -OCH3 is 1. The highest BCUT2D eigenvalue weighted by molar-refractivity contribution is 6.15. The third kappa shape index (κ3) is 2.58. The van der Waals surface area contributed by atoms with Crippen LogP contribution in [-0.2, 0) is 17.8 Å². The first-order valence-electron chi connectivity index (χ1n) is 8.29. The number of benzene rings is 3. The molecule has 0 aliphatic carbocycles. The molecule has 130 valence electrons. The molecule has 0 saturated carbocycles. The van der Waals surface area contributed by atoms with E-state index in [1.54, 1.807) is 36.3 Å². The number of carbonyl (C=O) groups excluding carboxylic acids is 1. The van der Waals surface area contributed by atoms with Crippen molar-refractivity contribution in [1.82, 2.24) is 0 Å². The van der Waals surface area contributed by atoms with E-state index in [1.807, 2.05) is 30.3 Å². The number of hydrogen-bond acceptors (Lipinski definition) is 3. The first-order valence-corrected chi connectivity index (χ1v) is 8.29. The molecule has 0 radical (unpaired) electrons. The maximum Gasteiger partial charge on any atom is 0.307 e. The Bertz CT molecular complexity index is 1020. The fourth-order valence-electron chi connectivity index (χ4n) is 3.50. The summed E-state index contributed by atoms with van der Waals surface area (Å²) in [6.45, 7) is 0.466. The lowest BCUT2D eigenvalue weighted by Gasteiger charge is -2.16. The summed E-state index contributed by atoms with van der Waals surface area (Å²) in [5, 5.41) is 10.8. The number of hydrogen-bond donors (Lipinski definition) is 1. The molecule has 0 saturated heterocycles. The SMILES string of the molecule is COc1c2c(cc3ccccc13)CN(c1ccc(CC(=O)O)cc1)C2=O. The average molecular weight is 347 g/mol. The molecule has 3 aromatic rings. The van der Waals surface area contributed by atoms with Gasteiger partial charge in [0, 0.05) is 11.1 Å². The molecule has 0 fully saturated rings. The molecular weight excluding hydrogens is 330 g/mol. The summed E-state index contributed by atoms with van der Waals surface area (Å²) in [5.74, 6) is -0.375. The van der Waals surface area contributed by atoms with Crippen LogP contribution in [0.3, 0.4) is 0 Å². The van der Waals surface area contributed by atoms with Crippen molar-refractivity contribution in [2.24, 2.45) is 0 Å². The van der Waals surface area contributed by atoms with Gasteiger partial charge in [-0.1, -0.05) is 36.4 Å². The van der Waals surface area contributed by atoms with Gasteiger partial charge in [-0.05, 0) is 34.7 Å². The largest absolute Gasteiger partial charge is 0.495 e. The predicted molar refractivity (Wildman–Crippen MR) is 98.8 cm³/mol. The van der Waals surface area contributed by atoms with Crippen molar-refractivity contribution in [1.29, 1.82) is 0 Å². The average Bonchev–Trinajstić information content (AvgIpc) is 2.96.